The summed E-state index contributed by atoms with van der Waals surface area (Å²) in [6, 6.07) is 7.81. The number of primary amides is 1. The zero-order valence-electron chi connectivity index (χ0n) is 10.9. The number of benzene rings is 1. The first-order valence-electron chi connectivity index (χ1n) is 6.73. The Bertz CT molecular complexity index is 422. The molecule has 2 rings (SSSR count). The normalized spacial score (nSPS) is 18.3. The Morgan fingerprint density at radius 3 is 2.56 bits per heavy atom. The van der Waals surface area contributed by atoms with Gasteiger partial charge < -0.3 is 10.5 Å². The van der Waals surface area contributed by atoms with Crippen LogP contribution in [0.15, 0.2) is 24.3 Å². The number of hydrogen-bond acceptors (Lipinski definition) is 2. The molecule has 0 radical (unpaired) electrons. The molecule has 1 fully saturated rings. The molecule has 1 aliphatic carbocycles. The molecule has 0 atom stereocenters. The smallest absolute Gasteiger partial charge is 0.228 e. The van der Waals surface area contributed by atoms with E-state index in [0.717, 1.165) is 37.0 Å². The standard InChI is InChI=1S/C15H21NO2/c1-2-18-13-9-5-4-8-12(13)15(14(16)17)10-6-3-7-11-15/h4-5,8-9H,2-3,6-7,10-11H2,1H3,(H2,16,17). The molecule has 1 saturated carbocycles. The summed E-state index contributed by atoms with van der Waals surface area (Å²) >= 11 is 0. The van der Waals surface area contributed by atoms with Gasteiger partial charge in [0.25, 0.3) is 0 Å². The largest absolute Gasteiger partial charge is 0.494 e. The van der Waals surface area contributed by atoms with Gasteiger partial charge in [-0.2, -0.15) is 0 Å². The Hall–Kier alpha value is -1.51. The summed E-state index contributed by atoms with van der Waals surface area (Å²) in [5.74, 6) is 0.593. The van der Waals surface area contributed by atoms with Crippen LogP contribution in [0.5, 0.6) is 5.75 Å². The average molecular weight is 247 g/mol. The number of carbonyl (C=O) groups is 1. The highest BCUT2D eigenvalue weighted by molar-refractivity contribution is 5.87. The van der Waals surface area contributed by atoms with E-state index >= 15 is 0 Å². The Labute approximate surface area is 108 Å². The van der Waals surface area contributed by atoms with Gasteiger partial charge in [-0.1, -0.05) is 37.5 Å². The Balaban J connectivity index is 2.45. The number of para-hydroxylation sites is 1. The Morgan fingerprint density at radius 2 is 1.94 bits per heavy atom. The number of rotatable bonds is 4. The molecule has 1 aliphatic rings. The van der Waals surface area contributed by atoms with E-state index < -0.39 is 5.41 Å². The van der Waals surface area contributed by atoms with Crippen molar-refractivity contribution in [2.24, 2.45) is 5.73 Å². The lowest BCUT2D eigenvalue weighted by atomic mass is 9.68. The van der Waals surface area contributed by atoms with Crippen molar-refractivity contribution in [2.75, 3.05) is 6.61 Å². The van der Waals surface area contributed by atoms with Crippen molar-refractivity contribution in [3.05, 3.63) is 29.8 Å². The van der Waals surface area contributed by atoms with Crippen molar-refractivity contribution in [3.8, 4) is 5.75 Å². The van der Waals surface area contributed by atoms with Crippen LogP contribution < -0.4 is 10.5 Å². The van der Waals surface area contributed by atoms with Crippen LogP contribution in [0, 0.1) is 0 Å². The van der Waals surface area contributed by atoms with Crippen LogP contribution in [0.1, 0.15) is 44.6 Å². The second-order valence-electron chi connectivity index (χ2n) is 4.94. The maximum atomic E-state index is 12.0. The highest BCUT2D eigenvalue weighted by Crippen LogP contribution is 2.43. The van der Waals surface area contributed by atoms with E-state index in [1.165, 1.54) is 6.42 Å². The first-order chi connectivity index (χ1) is 8.70. The lowest BCUT2D eigenvalue weighted by molar-refractivity contribution is -0.124. The minimum Gasteiger partial charge on any atom is -0.494 e. The summed E-state index contributed by atoms with van der Waals surface area (Å²) in [4.78, 5) is 12.0. The van der Waals surface area contributed by atoms with Gasteiger partial charge in [0.15, 0.2) is 0 Å². The van der Waals surface area contributed by atoms with Crippen molar-refractivity contribution in [2.45, 2.75) is 44.4 Å². The quantitative estimate of drug-likeness (QED) is 0.889. The summed E-state index contributed by atoms with van der Waals surface area (Å²) in [7, 11) is 0. The maximum Gasteiger partial charge on any atom is 0.228 e. The van der Waals surface area contributed by atoms with Gasteiger partial charge in [-0.15, -0.1) is 0 Å². The van der Waals surface area contributed by atoms with E-state index in [4.69, 9.17) is 10.5 Å². The van der Waals surface area contributed by atoms with Gasteiger partial charge in [-0.25, -0.2) is 0 Å². The van der Waals surface area contributed by atoms with Crippen LogP contribution in [0.2, 0.25) is 0 Å². The SMILES string of the molecule is CCOc1ccccc1C1(C(N)=O)CCCCC1. The molecule has 0 aliphatic heterocycles. The fourth-order valence-electron chi connectivity index (χ4n) is 2.95. The lowest BCUT2D eigenvalue weighted by Gasteiger charge is -2.35. The fraction of sp³-hybridized carbons (Fsp3) is 0.533. The van der Waals surface area contributed by atoms with Gasteiger partial charge in [-0.3, -0.25) is 4.79 Å². The fourth-order valence-corrected chi connectivity index (χ4v) is 2.95. The third-order valence-corrected chi connectivity index (χ3v) is 3.88. The summed E-state index contributed by atoms with van der Waals surface area (Å²) in [5.41, 5.74) is 6.15. The van der Waals surface area contributed by atoms with Crippen LogP contribution in [0.4, 0.5) is 0 Å². The van der Waals surface area contributed by atoms with Crippen LogP contribution in [-0.2, 0) is 10.2 Å². The highest BCUT2D eigenvalue weighted by atomic mass is 16.5. The minimum absolute atomic E-state index is 0.214. The number of ether oxygens (including phenoxy) is 1. The Morgan fingerprint density at radius 1 is 1.28 bits per heavy atom. The van der Waals surface area contributed by atoms with Crippen molar-refractivity contribution < 1.29 is 9.53 Å². The van der Waals surface area contributed by atoms with E-state index in [9.17, 15) is 4.79 Å². The molecular weight excluding hydrogens is 226 g/mol. The predicted octanol–water partition coefficient (Wildman–Crippen LogP) is 2.77. The van der Waals surface area contributed by atoms with Gasteiger partial charge in [0.1, 0.15) is 5.75 Å². The highest BCUT2D eigenvalue weighted by Gasteiger charge is 2.41. The monoisotopic (exact) mass is 247 g/mol. The summed E-state index contributed by atoms with van der Waals surface area (Å²) < 4.78 is 5.66. The molecule has 1 amide bonds. The van der Waals surface area contributed by atoms with Gasteiger partial charge in [0.05, 0.1) is 12.0 Å². The van der Waals surface area contributed by atoms with Gasteiger partial charge in [0, 0.05) is 5.56 Å². The molecule has 3 nitrogen and oxygen atoms in total. The third-order valence-electron chi connectivity index (χ3n) is 3.88. The molecule has 18 heavy (non-hydrogen) atoms. The molecule has 2 N–H and O–H groups in total. The molecule has 3 heteroatoms. The number of amides is 1. The molecule has 0 unspecified atom stereocenters. The van der Waals surface area contributed by atoms with E-state index in [0.29, 0.717) is 6.61 Å². The summed E-state index contributed by atoms with van der Waals surface area (Å²) in [5, 5.41) is 0. The number of carbonyl (C=O) groups excluding carboxylic acids is 1. The maximum absolute atomic E-state index is 12.0. The molecule has 0 heterocycles. The number of nitrogens with two attached hydrogens (primary N) is 1. The third kappa shape index (κ3) is 2.22. The van der Waals surface area contributed by atoms with Crippen LogP contribution in [-0.4, -0.2) is 12.5 Å². The lowest BCUT2D eigenvalue weighted by Crippen LogP contribution is -2.43. The molecule has 0 bridgehead atoms. The van der Waals surface area contributed by atoms with Gasteiger partial charge in [0.2, 0.25) is 5.91 Å². The van der Waals surface area contributed by atoms with Crippen molar-refractivity contribution in [1.29, 1.82) is 0 Å². The van der Waals surface area contributed by atoms with E-state index in [-0.39, 0.29) is 5.91 Å². The molecule has 1 aromatic carbocycles. The van der Waals surface area contributed by atoms with Crippen molar-refractivity contribution in [3.63, 3.8) is 0 Å². The Kier molecular flexibility index (Phi) is 3.90. The molecule has 1 aromatic rings. The zero-order chi connectivity index (χ0) is 13.0. The summed E-state index contributed by atoms with van der Waals surface area (Å²) in [6.45, 7) is 2.56. The molecular formula is C15H21NO2. The number of hydrogen-bond donors (Lipinski definition) is 1. The van der Waals surface area contributed by atoms with Crippen molar-refractivity contribution >= 4 is 5.91 Å². The molecule has 98 valence electrons. The van der Waals surface area contributed by atoms with E-state index in [1.54, 1.807) is 0 Å². The average Bonchev–Trinajstić information content (AvgIpc) is 2.40. The predicted molar refractivity (Wildman–Crippen MR) is 71.6 cm³/mol. The van der Waals surface area contributed by atoms with Gasteiger partial charge >= 0.3 is 0 Å². The molecule has 0 spiro atoms. The van der Waals surface area contributed by atoms with E-state index in [2.05, 4.69) is 0 Å². The van der Waals surface area contributed by atoms with Crippen molar-refractivity contribution in [1.82, 2.24) is 0 Å². The van der Waals surface area contributed by atoms with Crippen LogP contribution in [0.25, 0.3) is 0 Å². The molecule has 0 aromatic heterocycles. The minimum atomic E-state index is -0.524. The van der Waals surface area contributed by atoms with Gasteiger partial charge in [-0.05, 0) is 25.8 Å². The second kappa shape index (κ2) is 5.42. The topological polar surface area (TPSA) is 52.3 Å². The summed E-state index contributed by atoms with van der Waals surface area (Å²) in [6.07, 6.45) is 4.98. The van der Waals surface area contributed by atoms with Crippen LogP contribution in [0.3, 0.4) is 0 Å². The zero-order valence-corrected chi connectivity index (χ0v) is 10.9. The van der Waals surface area contributed by atoms with Crippen LogP contribution >= 0.6 is 0 Å². The first-order valence-corrected chi connectivity index (χ1v) is 6.73. The molecule has 0 saturated heterocycles. The first kappa shape index (κ1) is 12.9. The van der Waals surface area contributed by atoms with E-state index in [1.807, 2.05) is 31.2 Å². The second-order valence-corrected chi connectivity index (χ2v) is 4.94.